The van der Waals surface area contributed by atoms with Crippen LogP contribution in [-0.2, 0) is 12.6 Å². The summed E-state index contributed by atoms with van der Waals surface area (Å²) >= 11 is 1.41. The monoisotopic (exact) mass is 403 g/mol. The second-order valence-corrected chi connectivity index (χ2v) is 6.82. The Morgan fingerprint density at radius 2 is 1.89 bits per heavy atom. The Bertz CT molecular complexity index is 1070. The number of nitro groups is 1. The number of nitriles is 1. The molecule has 0 aliphatic carbocycles. The normalized spacial score (nSPS) is 11.1. The number of para-hydroxylation sites is 1. The molecule has 9 heteroatoms. The van der Waals surface area contributed by atoms with E-state index in [4.69, 9.17) is 5.26 Å². The van der Waals surface area contributed by atoms with Crippen LogP contribution >= 0.6 is 11.3 Å². The third-order valence-electron chi connectivity index (χ3n) is 4.03. The molecule has 142 valence electrons. The fraction of sp³-hybridized carbons (Fsp3) is 0.105. The van der Waals surface area contributed by atoms with Crippen molar-refractivity contribution in [3.05, 3.63) is 85.6 Å². The Morgan fingerprint density at radius 1 is 1.14 bits per heavy atom. The molecule has 0 atom stereocenters. The van der Waals surface area contributed by atoms with Crippen molar-refractivity contribution in [2.75, 3.05) is 5.32 Å². The molecule has 0 saturated heterocycles. The van der Waals surface area contributed by atoms with E-state index in [-0.39, 0.29) is 5.69 Å². The van der Waals surface area contributed by atoms with Crippen molar-refractivity contribution in [2.45, 2.75) is 12.6 Å². The summed E-state index contributed by atoms with van der Waals surface area (Å²) in [4.78, 5) is 11.3. The minimum atomic E-state index is -4.67. The molecule has 0 fully saturated rings. The van der Waals surface area contributed by atoms with Crippen molar-refractivity contribution in [1.29, 1.82) is 5.26 Å². The maximum atomic E-state index is 12.9. The van der Waals surface area contributed by atoms with E-state index in [1.807, 2.05) is 0 Å². The summed E-state index contributed by atoms with van der Waals surface area (Å²) in [5.74, 6) is 0. The van der Waals surface area contributed by atoms with E-state index in [0.717, 1.165) is 22.6 Å². The number of benzene rings is 2. The first kappa shape index (κ1) is 19.4. The molecule has 2 aromatic carbocycles. The summed E-state index contributed by atoms with van der Waals surface area (Å²) in [6.45, 7) is 0. The van der Waals surface area contributed by atoms with Gasteiger partial charge in [0, 0.05) is 23.1 Å². The van der Waals surface area contributed by atoms with Crippen molar-refractivity contribution in [1.82, 2.24) is 0 Å². The van der Waals surface area contributed by atoms with E-state index >= 15 is 0 Å². The molecule has 3 rings (SSSR count). The van der Waals surface area contributed by atoms with Gasteiger partial charge in [0.05, 0.1) is 16.1 Å². The van der Waals surface area contributed by atoms with Crippen LogP contribution < -0.4 is 5.32 Å². The second kappa shape index (κ2) is 7.70. The number of halogens is 3. The fourth-order valence-electron chi connectivity index (χ4n) is 2.66. The van der Waals surface area contributed by atoms with Crippen LogP contribution in [0, 0.1) is 21.4 Å². The first-order chi connectivity index (χ1) is 13.3. The molecule has 5 nitrogen and oxygen atoms in total. The third kappa shape index (κ3) is 4.13. The second-order valence-electron chi connectivity index (χ2n) is 5.81. The van der Waals surface area contributed by atoms with Gasteiger partial charge in [-0.2, -0.15) is 18.4 Å². The highest BCUT2D eigenvalue weighted by molar-refractivity contribution is 7.10. The molecular formula is C19H12F3N3O2S. The quantitative estimate of drug-likeness (QED) is 0.426. The third-order valence-corrected chi connectivity index (χ3v) is 4.95. The smallest absolute Gasteiger partial charge is 0.350 e. The Balaban J connectivity index is 1.97. The van der Waals surface area contributed by atoms with Crippen LogP contribution in [0.25, 0.3) is 0 Å². The van der Waals surface area contributed by atoms with Gasteiger partial charge in [-0.25, -0.2) is 0 Å². The Hall–Kier alpha value is -3.38. The molecule has 0 aliphatic heterocycles. The van der Waals surface area contributed by atoms with E-state index in [2.05, 4.69) is 11.4 Å². The van der Waals surface area contributed by atoms with E-state index in [9.17, 15) is 23.3 Å². The minimum Gasteiger partial charge on any atom is -0.350 e. The lowest BCUT2D eigenvalue weighted by atomic mass is 10.1. The maximum Gasteiger partial charge on any atom is 0.416 e. The van der Waals surface area contributed by atoms with Gasteiger partial charge in [0.2, 0.25) is 0 Å². The van der Waals surface area contributed by atoms with Gasteiger partial charge in [-0.15, -0.1) is 11.3 Å². The lowest BCUT2D eigenvalue weighted by molar-refractivity contribution is -0.384. The first-order valence-electron chi connectivity index (χ1n) is 7.96. The summed E-state index contributed by atoms with van der Waals surface area (Å²) in [5, 5.41) is 25.1. The molecule has 0 unspecified atom stereocenters. The van der Waals surface area contributed by atoms with Gasteiger partial charge in [0.1, 0.15) is 11.8 Å². The van der Waals surface area contributed by atoms with Crippen LogP contribution in [0.2, 0.25) is 0 Å². The molecule has 3 aromatic rings. The van der Waals surface area contributed by atoms with Crippen molar-refractivity contribution in [3.8, 4) is 6.07 Å². The summed E-state index contributed by atoms with van der Waals surface area (Å²) < 4.78 is 38.6. The number of hydrogen-bond acceptors (Lipinski definition) is 5. The average Bonchev–Trinajstić information content (AvgIpc) is 3.09. The summed E-state index contributed by atoms with van der Waals surface area (Å²) in [6.07, 6.45) is -4.26. The van der Waals surface area contributed by atoms with Crippen LogP contribution in [0.4, 0.5) is 30.2 Å². The predicted molar refractivity (Wildman–Crippen MR) is 99.7 cm³/mol. The number of alkyl halides is 3. The topological polar surface area (TPSA) is 79.0 Å². The fourth-order valence-corrected chi connectivity index (χ4v) is 3.50. The number of rotatable bonds is 5. The summed E-state index contributed by atoms with van der Waals surface area (Å²) in [5.41, 5.74) is 0.0180. The number of thiophene rings is 1. The zero-order valence-corrected chi connectivity index (χ0v) is 15.0. The number of hydrogen-bond donors (Lipinski definition) is 1. The molecule has 0 amide bonds. The lowest BCUT2D eigenvalue weighted by Crippen LogP contribution is -2.07. The van der Waals surface area contributed by atoms with Gasteiger partial charge in [-0.3, -0.25) is 10.1 Å². The van der Waals surface area contributed by atoms with Gasteiger partial charge in [0.25, 0.3) is 5.69 Å². The SMILES string of the molecule is N#Cc1ccsc1Cc1ccccc1Nc1ccc(C(F)(F)F)cc1[N+](=O)[O-]. The van der Waals surface area contributed by atoms with Crippen LogP contribution in [0.3, 0.4) is 0 Å². The molecular weight excluding hydrogens is 391 g/mol. The van der Waals surface area contributed by atoms with Gasteiger partial charge in [-0.1, -0.05) is 18.2 Å². The Kier molecular flexibility index (Phi) is 5.33. The Labute approximate surface area is 161 Å². The van der Waals surface area contributed by atoms with Gasteiger partial charge < -0.3 is 5.32 Å². The zero-order chi connectivity index (χ0) is 20.3. The standard InChI is InChI=1S/C19H12F3N3O2S/c20-19(21,22)14-5-6-16(17(10-14)25(26)27)24-15-4-2-1-3-12(15)9-18-13(11-23)7-8-28-18/h1-8,10,24H,9H2. The van der Waals surface area contributed by atoms with Crippen LogP contribution in [0.1, 0.15) is 21.6 Å². The highest BCUT2D eigenvalue weighted by Crippen LogP contribution is 2.37. The number of nitrogens with zero attached hydrogens (tertiary/aromatic N) is 2. The van der Waals surface area contributed by atoms with Gasteiger partial charge in [0.15, 0.2) is 0 Å². The van der Waals surface area contributed by atoms with Crippen molar-refractivity contribution < 1.29 is 18.1 Å². The molecule has 1 heterocycles. The molecule has 1 N–H and O–H groups in total. The molecule has 0 aliphatic rings. The van der Waals surface area contributed by atoms with Crippen molar-refractivity contribution >= 4 is 28.4 Å². The number of anilines is 2. The molecule has 0 radical (unpaired) electrons. The largest absolute Gasteiger partial charge is 0.416 e. The predicted octanol–water partition coefficient (Wildman–Crippen LogP) is 5.88. The first-order valence-corrected chi connectivity index (χ1v) is 8.84. The maximum absolute atomic E-state index is 12.9. The minimum absolute atomic E-state index is 0.0443. The molecule has 28 heavy (non-hydrogen) atoms. The Morgan fingerprint density at radius 3 is 2.57 bits per heavy atom. The molecule has 0 spiro atoms. The molecule has 1 aromatic heterocycles. The lowest BCUT2D eigenvalue weighted by Gasteiger charge is -2.13. The van der Waals surface area contributed by atoms with Crippen LogP contribution in [-0.4, -0.2) is 4.92 Å². The van der Waals surface area contributed by atoms with E-state index in [1.54, 1.807) is 35.7 Å². The van der Waals surface area contributed by atoms with Crippen molar-refractivity contribution in [3.63, 3.8) is 0 Å². The van der Waals surface area contributed by atoms with Crippen LogP contribution in [0.15, 0.2) is 53.9 Å². The average molecular weight is 403 g/mol. The van der Waals surface area contributed by atoms with Crippen LogP contribution in [0.5, 0.6) is 0 Å². The van der Waals surface area contributed by atoms with E-state index in [1.165, 1.54) is 11.3 Å². The van der Waals surface area contributed by atoms with Crippen molar-refractivity contribution in [2.24, 2.45) is 0 Å². The van der Waals surface area contributed by atoms with Gasteiger partial charge in [-0.05, 0) is 35.2 Å². The highest BCUT2D eigenvalue weighted by Gasteiger charge is 2.33. The summed E-state index contributed by atoms with van der Waals surface area (Å²) in [7, 11) is 0. The highest BCUT2D eigenvalue weighted by atomic mass is 32.1. The zero-order valence-electron chi connectivity index (χ0n) is 14.2. The number of nitro benzene ring substituents is 1. The molecule has 0 bridgehead atoms. The van der Waals surface area contributed by atoms with E-state index < -0.39 is 22.4 Å². The van der Waals surface area contributed by atoms with E-state index in [0.29, 0.717) is 23.7 Å². The summed E-state index contributed by atoms with van der Waals surface area (Å²) in [6, 6.07) is 13.1. The molecule has 0 saturated carbocycles. The number of nitrogens with one attached hydrogen (secondary N) is 1. The van der Waals surface area contributed by atoms with Gasteiger partial charge >= 0.3 is 6.18 Å².